The van der Waals surface area contributed by atoms with Crippen LogP contribution in [0, 0.1) is 0 Å². The second kappa shape index (κ2) is 6.80. The van der Waals surface area contributed by atoms with E-state index in [1.165, 1.54) is 0 Å². The molecule has 19 heavy (non-hydrogen) atoms. The third-order valence-corrected chi connectivity index (χ3v) is 4.34. The molecule has 1 amide bonds. The second-order valence-corrected chi connectivity index (χ2v) is 6.15. The molecule has 0 aromatic carbocycles. The zero-order valence-corrected chi connectivity index (χ0v) is 12.4. The quantitative estimate of drug-likeness (QED) is 0.571. The number of aliphatic imine (C=N–C) groups is 1. The SMILES string of the molecule is C/C=C/C=C\C(=O)N1CCN(C2=NC[C@@H](C)S2)CC1. The Balaban J connectivity index is 1.81. The molecule has 4 nitrogen and oxygen atoms in total. The summed E-state index contributed by atoms with van der Waals surface area (Å²) in [5, 5.41) is 1.75. The minimum atomic E-state index is 0.104. The number of allylic oxidation sites excluding steroid dienone is 3. The summed E-state index contributed by atoms with van der Waals surface area (Å²) in [6.07, 6.45) is 7.23. The lowest BCUT2D eigenvalue weighted by atomic mass is 10.3. The Morgan fingerprint density at radius 3 is 2.63 bits per heavy atom. The molecular weight excluding hydrogens is 258 g/mol. The Labute approximate surface area is 119 Å². The van der Waals surface area contributed by atoms with Crippen molar-refractivity contribution >= 4 is 22.8 Å². The number of carbonyl (C=O) groups is 1. The number of carbonyl (C=O) groups excluding carboxylic acids is 1. The molecule has 2 heterocycles. The first-order chi connectivity index (χ1) is 9.20. The van der Waals surface area contributed by atoms with Gasteiger partial charge in [-0.1, -0.05) is 36.9 Å². The van der Waals surface area contributed by atoms with Crippen molar-refractivity contribution in [1.82, 2.24) is 9.80 Å². The Bertz CT molecular complexity index is 409. The molecule has 2 aliphatic heterocycles. The predicted octanol–water partition coefficient (Wildman–Crippen LogP) is 1.75. The predicted molar refractivity (Wildman–Crippen MR) is 81.5 cm³/mol. The highest BCUT2D eigenvalue weighted by Crippen LogP contribution is 2.23. The molecule has 0 spiro atoms. The molecule has 0 bridgehead atoms. The number of amidine groups is 1. The van der Waals surface area contributed by atoms with Gasteiger partial charge in [-0.2, -0.15) is 0 Å². The molecule has 0 aromatic heterocycles. The topological polar surface area (TPSA) is 35.9 Å². The van der Waals surface area contributed by atoms with Crippen LogP contribution in [0.2, 0.25) is 0 Å². The van der Waals surface area contributed by atoms with E-state index in [2.05, 4.69) is 16.8 Å². The summed E-state index contributed by atoms with van der Waals surface area (Å²) in [6.45, 7) is 8.41. The van der Waals surface area contributed by atoms with Gasteiger partial charge in [0.15, 0.2) is 5.17 Å². The molecule has 0 unspecified atom stereocenters. The molecule has 1 saturated heterocycles. The van der Waals surface area contributed by atoms with Gasteiger partial charge >= 0.3 is 0 Å². The summed E-state index contributed by atoms with van der Waals surface area (Å²) in [4.78, 5) is 20.7. The molecule has 1 fully saturated rings. The van der Waals surface area contributed by atoms with Crippen molar-refractivity contribution in [2.24, 2.45) is 4.99 Å². The molecule has 0 saturated carbocycles. The maximum Gasteiger partial charge on any atom is 0.246 e. The standard InChI is InChI=1S/C14H21N3OS/c1-3-4-5-6-13(18)16-7-9-17(10-8-16)14-15-11-12(2)19-14/h3-6,12H,7-11H2,1-2H3/b4-3+,6-5-/t12-/m1/s1. The lowest BCUT2D eigenvalue weighted by Gasteiger charge is -2.35. The van der Waals surface area contributed by atoms with Crippen molar-refractivity contribution in [2.75, 3.05) is 32.7 Å². The summed E-state index contributed by atoms with van der Waals surface area (Å²) in [5.74, 6) is 0.104. The fourth-order valence-corrected chi connectivity index (χ4v) is 3.10. The van der Waals surface area contributed by atoms with Crippen LogP contribution < -0.4 is 0 Å². The average molecular weight is 279 g/mol. The molecule has 2 aliphatic rings. The van der Waals surface area contributed by atoms with Crippen LogP contribution >= 0.6 is 11.8 Å². The lowest BCUT2D eigenvalue weighted by molar-refractivity contribution is -0.127. The zero-order chi connectivity index (χ0) is 13.7. The van der Waals surface area contributed by atoms with Crippen molar-refractivity contribution in [1.29, 1.82) is 0 Å². The Morgan fingerprint density at radius 2 is 2.05 bits per heavy atom. The number of piperazine rings is 1. The van der Waals surface area contributed by atoms with E-state index in [1.54, 1.807) is 12.2 Å². The number of thioether (sulfide) groups is 1. The number of nitrogens with zero attached hydrogens (tertiary/aromatic N) is 3. The molecule has 2 rings (SSSR count). The minimum Gasteiger partial charge on any atom is -0.348 e. The number of rotatable bonds is 2. The normalized spacial score (nSPS) is 24.5. The van der Waals surface area contributed by atoms with Crippen LogP contribution in [0.15, 0.2) is 29.3 Å². The molecule has 0 aromatic rings. The highest BCUT2D eigenvalue weighted by atomic mass is 32.2. The van der Waals surface area contributed by atoms with Crippen molar-refractivity contribution in [3.05, 3.63) is 24.3 Å². The Morgan fingerprint density at radius 1 is 1.32 bits per heavy atom. The largest absolute Gasteiger partial charge is 0.348 e. The maximum atomic E-state index is 11.9. The van der Waals surface area contributed by atoms with Crippen LogP contribution in [-0.2, 0) is 4.79 Å². The van der Waals surface area contributed by atoms with Crippen LogP contribution in [0.3, 0.4) is 0 Å². The lowest BCUT2D eigenvalue weighted by Crippen LogP contribution is -2.49. The van der Waals surface area contributed by atoms with Crippen molar-refractivity contribution < 1.29 is 4.79 Å². The summed E-state index contributed by atoms with van der Waals surface area (Å²) in [5.41, 5.74) is 0. The van der Waals surface area contributed by atoms with Gasteiger partial charge in [0.2, 0.25) is 5.91 Å². The van der Waals surface area contributed by atoms with Crippen LogP contribution in [-0.4, -0.2) is 58.8 Å². The van der Waals surface area contributed by atoms with Gasteiger partial charge in [0, 0.05) is 37.5 Å². The first kappa shape index (κ1) is 14.2. The van der Waals surface area contributed by atoms with Gasteiger partial charge in [-0.3, -0.25) is 9.79 Å². The highest BCUT2D eigenvalue weighted by Gasteiger charge is 2.25. The van der Waals surface area contributed by atoms with E-state index < -0.39 is 0 Å². The van der Waals surface area contributed by atoms with Crippen LogP contribution in [0.4, 0.5) is 0 Å². The Kier molecular flexibility index (Phi) is 5.07. The van der Waals surface area contributed by atoms with Gasteiger partial charge in [-0.25, -0.2) is 0 Å². The van der Waals surface area contributed by atoms with E-state index in [4.69, 9.17) is 0 Å². The molecule has 1 atom stereocenters. The molecule has 0 aliphatic carbocycles. The summed E-state index contributed by atoms with van der Waals surface area (Å²) in [7, 11) is 0. The third kappa shape index (κ3) is 3.86. The first-order valence-electron chi connectivity index (χ1n) is 6.75. The fraction of sp³-hybridized carbons (Fsp3) is 0.571. The van der Waals surface area contributed by atoms with E-state index in [0.717, 1.165) is 37.9 Å². The zero-order valence-electron chi connectivity index (χ0n) is 11.6. The van der Waals surface area contributed by atoms with Gasteiger partial charge in [0.25, 0.3) is 0 Å². The Hall–Kier alpha value is -1.23. The summed E-state index contributed by atoms with van der Waals surface area (Å²) >= 11 is 1.85. The molecule has 5 heteroatoms. The van der Waals surface area contributed by atoms with Crippen molar-refractivity contribution in [3.63, 3.8) is 0 Å². The van der Waals surface area contributed by atoms with E-state index in [0.29, 0.717) is 5.25 Å². The molecule has 0 radical (unpaired) electrons. The van der Waals surface area contributed by atoms with Gasteiger partial charge in [-0.05, 0) is 6.92 Å². The second-order valence-electron chi connectivity index (χ2n) is 4.75. The number of hydrogen-bond acceptors (Lipinski definition) is 4. The monoisotopic (exact) mass is 279 g/mol. The van der Waals surface area contributed by atoms with Crippen LogP contribution in [0.1, 0.15) is 13.8 Å². The summed E-state index contributed by atoms with van der Waals surface area (Å²) in [6, 6.07) is 0. The average Bonchev–Trinajstić information content (AvgIpc) is 2.86. The van der Waals surface area contributed by atoms with E-state index in [-0.39, 0.29) is 5.91 Å². The van der Waals surface area contributed by atoms with Crippen molar-refractivity contribution in [2.45, 2.75) is 19.1 Å². The minimum absolute atomic E-state index is 0.104. The van der Waals surface area contributed by atoms with Gasteiger partial charge in [0.1, 0.15) is 0 Å². The number of hydrogen-bond donors (Lipinski definition) is 0. The van der Waals surface area contributed by atoms with E-state index in [1.807, 2.05) is 35.7 Å². The fourth-order valence-electron chi connectivity index (χ4n) is 2.11. The molecular formula is C14H21N3OS. The first-order valence-corrected chi connectivity index (χ1v) is 7.63. The van der Waals surface area contributed by atoms with Crippen LogP contribution in [0.25, 0.3) is 0 Å². The summed E-state index contributed by atoms with van der Waals surface area (Å²) < 4.78 is 0. The van der Waals surface area contributed by atoms with Gasteiger partial charge in [-0.15, -0.1) is 0 Å². The number of amides is 1. The highest BCUT2D eigenvalue weighted by molar-refractivity contribution is 8.14. The van der Waals surface area contributed by atoms with Gasteiger partial charge < -0.3 is 9.80 Å². The molecule has 104 valence electrons. The van der Waals surface area contributed by atoms with E-state index in [9.17, 15) is 4.79 Å². The maximum absolute atomic E-state index is 11.9. The van der Waals surface area contributed by atoms with Crippen molar-refractivity contribution in [3.8, 4) is 0 Å². The van der Waals surface area contributed by atoms with Crippen LogP contribution in [0.5, 0.6) is 0 Å². The van der Waals surface area contributed by atoms with Gasteiger partial charge in [0.05, 0.1) is 6.54 Å². The molecule has 0 N–H and O–H groups in total. The smallest absolute Gasteiger partial charge is 0.246 e. The van der Waals surface area contributed by atoms with E-state index >= 15 is 0 Å². The third-order valence-electron chi connectivity index (χ3n) is 3.19.